The fourth-order valence-corrected chi connectivity index (χ4v) is 0.781. The lowest BCUT2D eigenvalue weighted by molar-refractivity contribution is 0.260. The SMILES string of the molecule is [c]1nc(OCc2ccco2)co1. The standard InChI is InChI=1S/C8H6NO3/c1-2-7(11-3-1)4-12-8-5-10-6-9-8/h1-3,5H,4H2. The number of ether oxygens (including phenoxy) is 1. The van der Waals surface area contributed by atoms with Gasteiger partial charge in [0.25, 0.3) is 12.3 Å². The Morgan fingerprint density at radius 2 is 2.58 bits per heavy atom. The molecular weight excluding hydrogens is 158 g/mol. The highest BCUT2D eigenvalue weighted by molar-refractivity contribution is 5.01. The molecule has 0 atom stereocenters. The minimum absolute atomic E-state index is 0.355. The van der Waals surface area contributed by atoms with Crippen LogP contribution >= 0.6 is 0 Å². The molecule has 4 heteroatoms. The van der Waals surface area contributed by atoms with Crippen LogP contribution in [-0.2, 0) is 6.61 Å². The van der Waals surface area contributed by atoms with Gasteiger partial charge in [-0.15, -0.1) is 0 Å². The van der Waals surface area contributed by atoms with E-state index in [-0.39, 0.29) is 0 Å². The maximum Gasteiger partial charge on any atom is 0.287 e. The molecule has 2 rings (SSSR count). The number of furan rings is 1. The molecule has 0 bridgehead atoms. The Balaban J connectivity index is 1.91. The van der Waals surface area contributed by atoms with Gasteiger partial charge in [-0.3, -0.25) is 0 Å². The second-order valence-corrected chi connectivity index (χ2v) is 2.15. The van der Waals surface area contributed by atoms with E-state index >= 15 is 0 Å². The van der Waals surface area contributed by atoms with Crippen LogP contribution in [0.1, 0.15) is 5.76 Å². The van der Waals surface area contributed by atoms with Crippen molar-refractivity contribution in [1.29, 1.82) is 0 Å². The summed E-state index contributed by atoms with van der Waals surface area (Å²) >= 11 is 0. The van der Waals surface area contributed by atoms with Crippen molar-refractivity contribution in [3.8, 4) is 5.88 Å². The first-order valence-corrected chi connectivity index (χ1v) is 3.42. The molecule has 2 aromatic rings. The van der Waals surface area contributed by atoms with Crippen LogP contribution in [0.2, 0.25) is 0 Å². The van der Waals surface area contributed by atoms with Crippen LogP contribution in [0.25, 0.3) is 0 Å². The van der Waals surface area contributed by atoms with Gasteiger partial charge >= 0.3 is 0 Å². The highest BCUT2D eigenvalue weighted by Crippen LogP contribution is 2.08. The molecule has 0 aliphatic rings. The summed E-state index contributed by atoms with van der Waals surface area (Å²) in [6.45, 7) is 0.355. The molecule has 0 aromatic carbocycles. The molecule has 0 aliphatic heterocycles. The molecule has 0 saturated heterocycles. The Morgan fingerprint density at radius 1 is 1.58 bits per heavy atom. The van der Waals surface area contributed by atoms with Crippen LogP contribution in [0.4, 0.5) is 0 Å². The van der Waals surface area contributed by atoms with Gasteiger partial charge in [-0.2, -0.15) is 4.98 Å². The lowest BCUT2D eigenvalue weighted by Gasteiger charge is -1.96. The van der Waals surface area contributed by atoms with E-state index in [4.69, 9.17) is 9.15 Å². The summed E-state index contributed by atoms with van der Waals surface area (Å²) in [5.74, 6) is 1.16. The van der Waals surface area contributed by atoms with E-state index in [0.717, 1.165) is 5.76 Å². The Hall–Kier alpha value is -1.71. The summed E-state index contributed by atoms with van der Waals surface area (Å²) in [5, 5.41) is 0. The van der Waals surface area contributed by atoms with Gasteiger partial charge in [0.05, 0.1) is 6.26 Å². The van der Waals surface area contributed by atoms with E-state index in [1.54, 1.807) is 12.3 Å². The number of nitrogens with zero attached hydrogens (tertiary/aromatic N) is 1. The van der Waals surface area contributed by atoms with Crippen LogP contribution in [0.15, 0.2) is 33.5 Å². The average molecular weight is 164 g/mol. The van der Waals surface area contributed by atoms with Crippen LogP contribution in [0.3, 0.4) is 0 Å². The zero-order valence-electron chi connectivity index (χ0n) is 6.19. The third-order valence-electron chi connectivity index (χ3n) is 1.31. The summed E-state index contributed by atoms with van der Waals surface area (Å²) in [5.41, 5.74) is 0. The zero-order chi connectivity index (χ0) is 8.23. The van der Waals surface area contributed by atoms with E-state index in [1.165, 1.54) is 6.26 Å². The van der Waals surface area contributed by atoms with Gasteiger partial charge < -0.3 is 13.6 Å². The molecule has 2 heterocycles. The molecule has 0 amide bonds. The van der Waals surface area contributed by atoms with Crippen molar-refractivity contribution in [2.24, 2.45) is 0 Å². The quantitative estimate of drug-likeness (QED) is 0.691. The molecule has 2 aromatic heterocycles. The molecule has 0 N–H and O–H groups in total. The summed E-state index contributed by atoms with van der Waals surface area (Å²) in [7, 11) is 0. The zero-order valence-corrected chi connectivity index (χ0v) is 6.19. The summed E-state index contributed by atoms with van der Waals surface area (Å²) in [4.78, 5) is 3.66. The van der Waals surface area contributed by atoms with Crippen molar-refractivity contribution in [3.05, 3.63) is 36.8 Å². The van der Waals surface area contributed by atoms with Gasteiger partial charge in [0.15, 0.2) is 6.26 Å². The predicted octanol–water partition coefficient (Wildman–Crippen LogP) is 1.65. The number of aromatic nitrogens is 1. The van der Waals surface area contributed by atoms with Crippen molar-refractivity contribution < 1.29 is 13.6 Å². The van der Waals surface area contributed by atoms with Crippen molar-refractivity contribution >= 4 is 0 Å². The normalized spacial score (nSPS) is 10.0. The molecule has 0 spiro atoms. The second kappa shape index (κ2) is 3.13. The number of hydrogen-bond acceptors (Lipinski definition) is 4. The summed E-state index contributed by atoms with van der Waals surface area (Å²) in [6.07, 6.45) is 5.25. The molecule has 1 radical (unpaired) electrons. The molecule has 12 heavy (non-hydrogen) atoms. The van der Waals surface area contributed by atoms with E-state index in [0.29, 0.717) is 12.5 Å². The van der Waals surface area contributed by atoms with Crippen molar-refractivity contribution in [3.63, 3.8) is 0 Å². The van der Waals surface area contributed by atoms with E-state index in [9.17, 15) is 0 Å². The summed E-state index contributed by atoms with van der Waals surface area (Å²) in [6, 6.07) is 3.62. The third-order valence-corrected chi connectivity index (χ3v) is 1.31. The molecule has 61 valence electrons. The van der Waals surface area contributed by atoms with Gasteiger partial charge in [0.1, 0.15) is 12.4 Å². The Bertz CT molecular complexity index is 278. The number of oxazole rings is 1. The lowest BCUT2D eigenvalue weighted by Crippen LogP contribution is -1.92. The lowest BCUT2D eigenvalue weighted by atomic mass is 10.5. The van der Waals surface area contributed by atoms with Crippen molar-refractivity contribution in [2.45, 2.75) is 6.61 Å². The number of rotatable bonds is 3. The van der Waals surface area contributed by atoms with Gasteiger partial charge in [-0.05, 0) is 12.1 Å². The smallest absolute Gasteiger partial charge is 0.287 e. The molecule has 0 saturated carbocycles. The first kappa shape index (κ1) is 6.97. The Labute approximate surface area is 68.8 Å². The topological polar surface area (TPSA) is 48.4 Å². The van der Waals surface area contributed by atoms with Crippen LogP contribution in [-0.4, -0.2) is 4.98 Å². The first-order chi connectivity index (χ1) is 5.95. The van der Waals surface area contributed by atoms with E-state index < -0.39 is 0 Å². The minimum Gasteiger partial charge on any atom is -0.467 e. The predicted molar refractivity (Wildman–Crippen MR) is 38.4 cm³/mol. The minimum atomic E-state index is 0.355. The van der Waals surface area contributed by atoms with E-state index in [2.05, 4.69) is 15.8 Å². The average Bonchev–Trinajstić information content (AvgIpc) is 2.74. The van der Waals surface area contributed by atoms with Gasteiger partial charge in [0, 0.05) is 0 Å². The highest BCUT2D eigenvalue weighted by atomic mass is 16.5. The van der Waals surface area contributed by atoms with Crippen LogP contribution < -0.4 is 4.74 Å². The van der Waals surface area contributed by atoms with E-state index in [1.807, 2.05) is 6.07 Å². The fourth-order valence-electron chi connectivity index (χ4n) is 0.781. The maximum absolute atomic E-state index is 5.16. The third kappa shape index (κ3) is 1.47. The Kier molecular flexibility index (Phi) is 1.82. The van der Waals surface area contributed by atoms with Gasteiger partial charge in [-0.1, -0.05) is 0 Å². The van der Waals surface area contributed by atoms with Gasteiger partial charge in [0.2, 0.25) is 0 Å². The summed E-state index contributed by atoms with van der Waals surface area (Å²) < 4.78 is 14.8. The maximum atomic E-state index is 5.16. The monoisotopic (exact) mass is 164 g/mol. The molecule has 0 unspecified atom stereocenters. The molecular formula is C8H6NO3. The van der Waals surface area contributed by atoms with Gasteiger partial charge in [-0.25, -0.2) is 0 Å². The largest absolute Gasteiger partial charge is 0.467 e. The fraction of sp³-hybridized carbons (Fsp3) is 0.125. The second-order valence-electron chi connectivity index (χ2n) is 2.15. The van der Waals surface area contributed by atoms with Crippen LogP contribution in [0.5, 0.6) is 5.88 Å². The Morgan fingerprint density at radius 3 is 3.25 bits per heavy atom. The molecule has 0 aliphatic carbocycles. The molecule has 4 nitrogen and oxygen atoms in total. The molecule has 0 fully saturated rings. The van der Waals surface area contributed by atoms with Crippen LogP contribution in [0, 0.1) is 6.39 Å². The highest BCUT2D eigenvalue weighted by Gasteiger charge is 1.99. The van der Waals surface area contributed by atoms with Crippen molar-refractivity contribution in [1.82, 2.24) is 4.98 Å². The van der Waals surface area contributed by atoms with Crippen molar-refractivity contribution in [2.75, 3.05) is 0 Å². The number of hydrogen-bond donors (Lipinski definition) is 0. The first-order valence-electron chi connectivity index (χ1n) is 3.42.